The van der Waals surface area contributed by atoms with Gasteiger partial charge in [0.05, 0.1) is 11.5 Å². The Morgan fingerprint density at radius 1 is 1.19 bits per heavy atom. The molecule has 1 aromatic rings. The maximum atomic E-state index is 12.2. The molecular weight excluding hydrogens is 316 g/mol. The molecule has 0 N–H and O–H groups in total. The third kappa shape index (κ3) is 4.28. The van der Waals surface area contributed by atoms with E-state index >= 15 is 0 Å². The number of carbonyl (C=O) groups excluding carboxylic acids is 2. The van der Waals surface area contributed by atoms with E-state index in [2.05, 4.69) is 0 Å². The van der Waals surface area contributed by atoms with Gasteiger partial charge in [-0.05, 0) is 45.0 Å². The predicted octanol–water partition coefficient (Wildman–Crippen LogP) is 2.27. The van der Waals surface area contributed by atoms with Crippen LogP contribution in [-0.2, 0) is 24.2 Å². The first kappa shape index (κ1) is 17.7. The van der Waals surface area contributed by atoms with Gasteiger partial charge in [-0.2, -0.15) is 0 Å². The van der Waals surface area contributed by atoms with Crippen LogP contribution in [0.3, 0.4) is 0 Å². The van der Waals surface area contributed by atoms with Gasteiger partial charge in [0.1, 0.15) is 11.2 Å². The number of Topliss-reactive ketones (excluding diaryl/α,β-unsaturated/α-hetero) is 1. The molecule has 1 rings (SSSR count). The van der Waals surface area contributed by atoms with E-state index in [-0.39, 0.29) is 11.5 Å². The Labute approximate surface area is 129 Å². The van der Waals surface area contributed by atoms with Crippen molar-refractivity contribution < 1.29 is 22.7 Å². The minimum atomic E-state index is -3.82. The average Bonchev–Trinajstić information content (AvgIpc) is 2.38. The molecule has 0 atom stereocenters. The zero-order valence-corrected chi connectivity index (χ0v) is 13.6. The van der Waals surface area contributed by atoms with Crippen LogP contribution in [-0.4, -0.2) is 32.5 Å². The normalized spacial score (nSPS) is 12.0. The van der Waals surface area contributed by atoms with Crippen molar-refractivity contribution in [2.24, 2.45) is 5.41 Å². The molecule has 0 bridgehead atoms. The number of carbonyl (C=O) groups is 2. The molecule has 0 heterocycles. The minimum Gasteiger partial charge on any atom is -0.465 e. The van der Waals surface area contributed by atoms with E-state index < -0.39 is 32.8 Å². The van der Waals surface area contributed by atoms with Crippen LogP contribution in [0.2, 0.25) is 5.02 Å². The molecule has 0 saturated heterocycles. The standard InChI is InChI=1S/C14H17ClO5S/c1-4-20-13(17)14(2,3)12(16)9-21(18,19)11-7-5-10(15)6-8-11/h5-8H,4,9H2,1-3H3. The lowest BCUT2D eigenvalue weighted by molar-refractivity contribution is -0.157. The minimum absolute atomic E-state index is 0.0140. The van der Waals surface area contributed by atoms with Crippen LogP contribution < -0.4 is 0 Å². The molecule has 0 saturated carbocycles. The summed E-state index contributed by atoms with van der Waals surface area (Å²) in [5.41, 5.74) is -1.50. The van der Waals surface area contributed by atoms with Crippen LogP contribution in [0.1, 0.15) is 20.8 Å². The Morgan fingerprint density at radius 3 is 2.19 bits per heavy atom. The summed E-state index contributed by atoms with van der Waals surface area (Å²) in [5, 5.41) is 0.395. The summed E-state index contributed by atoms with van der Waals surface area (Å²) in [5.74, 6) is -2.21. The third-order valence-corrected chi connectivity index (χ3v) is 4.86. The summed E-state index contributed by atoms with van der Waals surface area (Å²) >= 11 is 5.69. The molecule has 0 unspecified atom stereocenters. The third-order valence-electron chi connectivity index (χ3n) is 2.98. The summed E-state index contributed by atoms with van der Waals surface area (Å²) < 4.78 is 29.1. The molecule has 0 spiro atoms. The van der Waals surface area contributed by atoms with E-state index in [1.54, 1.807) is 6.92 Å². The van der Waals surface area contributed by atoms with Gasteiger partial charge in [0.15, 0.2) is 15.6 Å². The fourth-order valence-electron chi connectivity index (χ4n) is 1.50. The summed E-state index contributed by atoms with van der Waals surface area (Å²) in [6.45, 7) is 4.44. The SMILES string of the molecule is CCOC(=O)C(C)(C)C(=O)CS(=O)(=O)c1ccc(Cl)cc1. The first-order valence-electron chi connectivity index (χ1n) is 6.30. The van der Waals surface area contributed by atoms with Crippen LogP contribution in [0.25, 0.3) is 0 Å². The second-order valence-electron chi connectivity index (χ2n) is 4.98. The first-order chi connectivity index (χ1) is 9.61. The Morgan fingerprint density at radius 2 is 1.71 bits per heavy atom. The second kappa shape index (κ2) is 6.58. The van der Waals surface area contributed by atoms with Crippen LogP contribution in [0, 0.1) is 5.41 Å². The number of ketones is 1. The fourth-order valence-corrected chi connectivity index (χ4v) is 3.05. The lowest BCUT2D eigenvalue weighted by Gasteiger charge is -2.20. The summed E-state index contributed by atoms with van der Waals surface area (Å²) in [6, 6.07) is 5.50. The van der Waals surface area contributed by atoms with Crippen molar-refractivity contribution in [3.05, 3.63) is 29.3 Å². The van der Waals surface area contributed by atoms with Crippen molar-refractivity contribution in [3.63, 3.8) is 0 Å². The second-order valence-corrected chi connectivity index (χ2v) is 7.41. The van der Waals surface area contributed by atoms with Crippen molar-refractivity contribution >= 4 is 33.2 Å². The van der Waals surface area contributed by atoms with Crippen LogP contribution in [0.5, 0.6) is 0 Å². The van der Waals surface area contributed by atoms with E-state index in [1.165, 1.54) is 38.1 Å². The quantitative estimate of drug-likeness (QED) is 0.590. The number of sulfone groups is 1. The molecular formula is C14H17ClO5S. The fraction of sp³-hybridized carbons (Fsp3) is 0.429. The lowest BCUT2D eigenvalue weighted by atomic mass is 9.89. The Kier molecular flexibility index (Phi) is 5.53. The molecule has 0 aromatic heterocycles. The van der Waals surface area contributed by atoms with E-state index in [0.29, 0.717) is 5.02 Å². The lowest BCUT2D eigenvalue weighted by Crippen LogP contribution is -2.38. The molecule has 0 aliphatic heterocycles. The molecule has 5 nitrogen and oxygen atoms in total. The van der Waals surface area contributed by atoms with Crippen molar-refractivity contribution in [3.8, 4) is 0 Å². The zero-order chi connectivity index (χ0) is 16.3. The highest BCUT2D eigenvalue weighted by molar-refractivity contribution is 7.92. The topological polar surface area (TPSA) is 77.5 Å². The molecule has 0 aliphatic rings. The van der Waals surface area contributed by atoms with E-state index in [0.717, 1.165) is 0 Å². The number of rotatable bonds is 6. The number of esters is 1. The van der Waals surface area contributed by atoms with Crippen molar-refractivity contribution in [1.82, 2.24) is 0 Å². The molecule has 0 radical (unpaired) electrons. The summed E-state index contributed by atoms with van der Waals surface area (Å²) in [4.78, 5) is 23.8. The predicted molar refractivity (Wildman–Crippen MR) is 78.9 cm³/mol. The van der Waals surface area contributed by atoms with Gasteiger partial charge in [-0.15, -0.1) is 0 Å². The van der Waals surface area contributed by atoms with Crippen molar-refractivity contribution in [1.29, 1.82) is 0 Å². The summed E-state index contributed by atoms with van der Waals surface area (Å²) in [6.07, 6.45) is 0. The molecule has 116 valence electrons. The largest absolute Gasteiger partial charge is 0.465 e. The van der Waals surface area contributed by atoms with E-state index in [1.807, 2.05) is 0 Å². The Hall–Kier alpha value is -1.40. The van der Waals surface area contributed by atoms with Crippen LogP contribution in [0.4, 0.5) is 0 Å². The van der Waals surface area contributed by atoms with Crippen LogP contribution in [0.15, 0.2) is 29.2 Å². The highest BCUT2D eigenvalue weighted by atomic mass is 35.5. The van der Waals surface area contributed by atoms with Gasteiger partial charge in [0.25, 0.3) is 0 Å². The first-order valence-corrected chi connectivity index (χ1v) is 8.33. The zero-order valence-electron chi connectivity index (χ0n) is 12.1. The van der Waals surface area contributed by atoms with Gasteiger partial charge in [-0.1, -0.05) is 11.6 Å². The molecule has 0 aliphatic carbocycles. The molecule has 21 heavy (non-hydrogen) atoms. The number of halogens is 1. The number of hydrogen-bond acceptors (Lipinski definition) is 5. The Bertz CT molecular complexity index is 632. The number of ether oxygens (including phenoxy) is 1. The molecule has 0 fully saturated rings. The maximum Gasteiger partial charge on any atom is 0.319 e. The smallest absolute Gasteiger partial charge is 0.319 e. The highest BCUT2D eigenvalue weighted by Gasteiger charge is 2.39. The molecule has 7 heteroatoms. The van der Waals surface area contributed by atoms with E-state index in [4.69, 9.17) is 16.3 Å². The number of benzene rings is 1. The maximum absolute atomic E-state index is 12.2. The van der Waals surface area contributed by atoms with Gasteiger partial charge in [-0.25, -0.2) is 8.42 Å². The Balaban J connectivity index is 2.96. The molecule has 0 amide bonds. The van der Waals surface area contributed by atoms with Crippen molar-refractivity contribution in [2.75, 3.05) is 12.4 Å². The monoisotopic (exact) mass is 332 g/mol. The number of hydrogen-bond donors (Lipinski definition) is 0. The summed E-state index contributed by atoms with van der Waals surface area (Å²) in [7, 11) is -3.82. The van der Waals surface area contributed by atoms with Gasteiger partial charge in [0, 0.05) is 5.02 Å². The van der Waals surface area contributed by atoms with E-state index in [9.17, 15) is 18.0 Å². The van der Waals surface area contributed by atoms with Gasteiger partial charge >= 0.3 is 5.97 Å². The average molecular weight is 333 g/mol. The highest BCUT2D eigenvalue weighted by Crippen LogP contribution is 2.23. The van der Waals surface area contributed by atoms with Crippen LogP contribution >= 0.6 is 11.6 Å². The van der Waals surface area contributed by atoms with Crippen molar-refractivity contribution in [2.45, 2.75) is 25.7 Å². The van der Waals surface area contributed by atoms with Gasteiger partial charge in [-0.3, -0.25) is 9.59 Å². The van der Waals surface area contributed by atoms with Gasteiger partial charge in [0.2, 0.25) is 0 Å². The van der Waals surface area contributed by atoms with Gasteiger partial charge < -0.3 is 4.74 Å². The molecule has 1 aromatic carbocycles.